The summed E-state index contributed by atoms with van der Waals surface area (Å²) in [6, 6.07) is 10.5. The van der Waals surface area contributed by atoms with E-state index in [1.165, 1.54) is 11.3 Å². The molecule has 0 saturated carbocycles. The number of carbonyl (C=O) groups excluding carboxylic acids is 1. The van der Waals surface area contributed by atoms with E-state index in [1.807, 2.05) is 6.07 Å². The van der Waals surface area contributed by atoms with Crippen molar-refractivity contribution >= 4 is 38.7 Å². The molecule has 1 aromatic carbocycles. The normalized spacial score (nSPS) is 10.2. The number of nitrogens with zero attached hydrogens (tertiary/aromatic N) is 2. The summed E-state index contributed by atoms with van der Waals surface area (Å²) in [6.45, 7) is 0. The highest BCUT2D eigenvalue weighted by Crippen LogP contribution is 2.33. The Balaban J connectivity index is 1.94. The van der Waals surface area contributed by atoms with Gasteiger partial charge >= 0.3 is 0 Å². The first kappa shape index (κ1) is 13.1. The first-order valence-electron chi connectivity index (χ1n) is 6.12. The molecule has 0 atom stereocenters. The highest BCUT2D eigenvalue weighted by molar-refractivity contribution is 7.21. The number of thiophene rings is 1. The van der Waals surface area contributed by atoms with Gasteiger partial charge in [0.1, 0.15) is 4.88 Å². The topological polar surface area (TPSA) is 91.8 Å². The van der Waals surface area contributed by atoms with Gasteiger partial charge in [0, 0.05) is 23.5 Å². The number of carbonyl (C=O) groups is 1. The van der Waals surface area contributed by atoms with Crippen LogP contribution in [0.2, 0.25) is 0 Å². The zero-order valence-electron chi connectivity index (χ0n) is 10.8. The minimum absolute atomic E-state index is 0.288. The van der Waals surface area contributed by atoms with E-state index in [9.17, 15) is 4.79 Å². The lowest BCUT2D eigenvalue weighted by molar-refractivity contribution is 0.103. The predicted molar refractivity (Wildman–Crippen MR) is 83.1 cm³/mol. The van der Waals surface area contributed by atoms with Crippen LogP contribution in [0.1, 0.15) is 15.2 Å². The fraction of sp³-hybridized carbons (Fsp3) is 0. The van der Waals surface area contributed by atoms with Gasteiger partial charge in [0.15, 0.2) is 0 Å². The molecule has 102 valence electrons. The molecule has 0 fully saturated rings. The van der Waals surface area contributed by atoms with Gasteiger partial charge in [0.2, 0.25) is 0 Å². The summed E-state index contributed by atoms with van der Waals surface area (Å²) in [4.78, 5) is 16.8. The van der Waals surface area contributed by atoms with Gasteiger partial charge in [0.05, 0.1) is 22.0 Å². The molecule has 0 unspecified atom stereocenters. The van der Waals surface area contributed by atoms with Crippen LogP contribution in [0.15, 0.2) is 42.7 Å². The van der Waals surface area contributed by atoms with Crippen molar-refractivity contribution in [2.45, 2.75) is 0 Å². The minimum atomic E-state index is -0.288. The average Bonchev–Trinajstić information content (AvgIpc) is 2.85. The van der Waals surface area contributed by atoms with E-state index in [0.717, 1.165) is 10.1 Å². The van der Waals surface area contributed by atoms with Crippen LogP contribution in [0, 0.1) is 11.3 Å². The zero-order chi connectivity index (χ0) is 14.8. The van der Waals surface area contributed by atoms with Gasteiger partial charge in [-0.15, -0.1) is 11.3 Å². The number of nitrogens with two attached hydrogens (primary N) is 1. The minimum Gasteiger partial charge on any atom is -0.397 e. The van der Waals surface area contributed by atoms with Gasteiger partial charge in [-0.3, -0.25) is 9.78 Å². The number of rotatable bonds is 2. The third-order valence-electron chi connectivity index (χ3n) is 2.99. The predicted octanol–water partition coefficient (Wildman–Crippen LogP) is 3.00. The molecule has 6 heteroatoms. The van der Waals surface area contributed by atoms with Crippen LogP contribution in [0.4, 0.5) is 11.4 Å². The van der Waals surface area contributed by atoms with E-state index in [-0.39, 0.29) is 5.91 Å². The summed E-state index contributed by atoms with van der Waals surface area (Å²) in [5.41, 5.74) is 7.52. The third kappa shape index (κ3) is 2.42. The van der Waals surface area contributed by atoms with Crippen LogP contribution in [-0.2, 0) is 0 Å². The molecular formula is C15H10N4OS. The number of hydrogen-bond donors (Lipinski definition) is 2. The summed E-state index contributed by atoms with van der Waals surface area (Å²) >= 11 is 1.30. The van der Waals surface area contributed by atoms with Crippen LogP contribution >= 0.6 is 11.3 Å². The Bertz CT molecular complexity index is 879. The molecule has 1 amide bonds. The van der Waals surface area contributed by atoms with Crippen molar-refractivity contribution in [3.05, 3.63) is 53.2 Å². The second-order valence-electron chi connectivity index (χ2n) is 4.36. The van der Waals surface area contributed by atoms with Gasteiger partial charge in [-0.2, -0.15) is 5.26 Å². The summed E-state index contributed by atoms with van der Waals surface area (Å²) < 4.78 is 0.867. The number of hydrogen-bond acceptors (Lipinski definition) is 5. The molecule has 3 rings (SSSR count). The third-order valence-corrected chi connectivity index (χ3v) is 4.14. The molecule has 0 saturated heterocycles. The standard InChI is InChI=1S/C15H10N4OS/c16-7-9-2-1-3-10(6-9)19-15(20)14-13(17)11-4-5-18-8-12(11)21-14/h1-6,8H,17H2,(H,19,20). The maximum Gasteiger partial charge on any atom is 0.267 e. The number of nitrogens with one attached hydrogen (secondary N) is 1. The van der Waals surface area contributed by atoms with E-state index < -0.39 is 0 Å². The number of benzene rings is 1. The van der Waals surface area contributed by atoms with Crippen molar-refractivity contribution in [3.63, 3.8) is 0 Å². The lowest BCUT2D eigenvalue weighted by Gasteiger charge is -2.04. The average molecular weight is 294 g/mol. The van der Waals surface area contributed by atoms with E-state index in [4.69, 9.17) is 11.0 Å². The van der Waals surface area contributed by atoms with Crippen molar-refractivity contribution in [1.29, 1.82) is 5.26 Å². The van der Waals surface area contributed by atoms with Crippen LogP contribution in [0.5, 0.6) is 0 Å². The molecule has 0 spiro atoms. The Kier molecular flexibility index (Phi) is 3.26. The van der Waals surface area contributed by atoms with Crippen LogP contribution < -0.4 is 11.1 Å². The SMILES string of the molecule is N#Cc1cccc(NC(=O)c2sc3cnccc3c2N)c1. The van der Waals surface area contributed by atoms with Gasteiger partial charge in [-0.05, 0) is 24.3 Å². The smallest absolute Gasteiger partial charge is 0.267 e. The molecule has 21 heavy (non-hydrogen) atoms. The molecule has 3 aromatic rings. The molecule has 0 aliphatic carbocycles. The van der Waals surface area contributed by atoms with Crippen molar-refractivity contribution < 1.29 is 4.79 Å². The molecule has 2 aromatic heterocycles. The molecule has 0 radical (unpaired) electrons. The van der Waals surface area contributed by atoms with Gasteiger partial charge in [-0.1, -0.05) is 6.07 Å². The monoisotopic (exact) mass is 294 g/mol. The Morgan fingerprint density at radius 2 is 2.24 bits per heavy atom. The molecule has 5 nitrogen and oxygen atoms in total. The summed E-state index contributed by atoms with van der Waals surface area (Å²) in [7, 11) is 0. The maximum atomic E-state index is 12.3. The first-order chi connectivity index (χ1) is 10.2. The number of pyridine rings is 1. The Morgan fingerprint density at radius 1 is 1.38 bits per heavy atom. The van der Waals surface area contributed by atoms with Crippen molar-refractivity contribution in [2.24, 2.45) is 0 Å². The number of anilines is 2. The molecule has 0 bridgehead atoms. The quantitative estimate of drug-likeness (QED) is 0.760. The number of nitriles is 1. The van der Waals surface area contributed by atoms with E-state index in [0.29, 0.717) is 21.8 Å². The van der Waals surface area contributed by atoms with Crippen molar-refractivity contribution in [1.82, 2.24) is 4.98 Å². The highest BCUT2D eigenvalue weighted by Gasteiger charge is 2.16. The maximum absolute atomic E-state index is 12.3. The summed E-state index contributed by atoms with van der Waals surface area (Å²) in [5, 5.41) is 12.4. The lowest BCUT2D eigenvalue weighted by Crippen LogP contribution is -2.11. The number of fused-ring (bicyclic) bond motifs is 1. The number of nitrogen functional groups attached to an aromatic ring is 1. The second-order valence-corrected chi connectivity index (χ2v) is 5.42. The molecule has 3 N–H and O–H groups in total. The Hall–Kier alpha value is -2.91. The first-order valence-corrected chi connectivity index (χ1v) is 6.94. The van der Waals surface area contributed by atoms with Gasteiger partial charge in [0.25, 0.3) is 5.91 Å². The molecular weight excluding hydrogens is 284 g/mol. The number of aromatic nitrogens is 1. The van der Waals surface area contributed by atoms with Gasteiger partial charge < -0.3 is 11.1 Å². The van der Waals surface area contributed by atoms with Crippen molar-refractivity contribution in [2.75, 3.05) is 11.1 Å². The van der Waals surface area contributed by atoms with Crippen LogP contribution in [-0.4, -0.2) is 10.9 Å². The Labute approximate surface area is 124 Å². The summed E-state index contributed by atoms with van der Waals surface area (Å²) in [5.74, 6) is -0.288. The summed E-state index contributed by atoms with van der Waals surface area (Å²) in [6.07, 6.45) is 3.33. The lowest BCUT2D eigenvalue weighted by atomic mass is 10.2. The van der Waals surface area contributed by atoms with Crippen LogP contribution in [0.25, 0.3) is 10.1 Å². The second kappa shape index (κ2) is 5.23. The molecule has 2 heterocycles. The molecule has 0 aliphatic rings. The van der Waals surface area contributed by atoms with Crippen LogP contribution in [0.3, 0.4) is 0 Å². The number of amides is 1. The highest BCUT2D eigenvalue weighted by atomic mass is 32.1. The fourth-order valence-corrected chi connectivity index (χ4v) is 2.98. The largest absolute Gasteiger partial charge is 0.397 e. The van der Waals surface area contributed by atoms with E-state index in [1.54, 1.807) is 42.7 Å². The molecule has 0 aliphatic heterocycles. The van der Waals surface area contributed by atoms with Gasteiger partial charge in [-0.25, -0.2) is 0 Å². The van der Waals surface area contributed by atoms with E-state index >= 15 is 0 Å². The van der Waals surface area contributed by atoms with E-state index in [2.05, 4.69) is 10.3 Å². The Morgan fingerprint density at radius 3 is 3.00 bits per heavy atom. The zero-order valence-corrected chi connectivity index (χ0v) is 11.6. The van der Waals surface area contributed by atoms with Crippen molar-refractivity contribution in [3.8, 4) is 6.07 Å². The fourth-order valence-electron chi connectivity index (χ4n) is 1.99.